The number of benzene rings is 2. The number of esters is 1. The van der Waals surface area contributed by atoms with Gasteiger partial charge in [-0.1, -0.05) is 66.4 Å². The molecule has 0 heterocycles. The van der Waals surface area contributed by atoms with E-state index in [-0.39, 0.29) is 29.5 Å². The maximum Gasteiger partial charge on any atom is 0.328 e. The molecule has 1 N–H and O–H groups in total. The van der Waals surface area contributed by atoms with Gasteiger partial charge in [-0.3, -0.25) is 9.59 Å². The van der Waals surface area contributed by atoms with Gasteiger partial charge in [0.15, 0.2) is 5.12 Å². The van der Waals surface area contributed by atoms with Crippen molar-refractivity contribution in [1.82, 2.24) is 5.32 Å². The molecule has 0 saturated heterocycles. The zero-order valence-corrected chi connectivity index (χ0v) is 18.8. The van der Waals surface area contributed by atoms with Crippen molar-refractivity contribution in [3.8, 4) is 0 Å². The highest BCUT2D eigenvalue weighted by molar-refractivity contribution is 8.13. The molecule has 2 unspecified atom stereocenters. The third-order valence-electron chi connectivity index (χ3n) is 5.67. The van der Waals surface area contributed by atoms with Crippen molar-refractivity contribution in [3.63, 3.8) is 0 Å². The Morgan fingerprint density at radius 1 is 1.10 bits per heavy atom. The third-order valence-corrected chi connectivity index (χ3v) is 6.52. The zero-order valence-electron chi connectivity index (χ0n) is 18.0. The van der Waals surface area contributed by atoms with E-state index in [9.17, 15) is 14.4 Å². The minimum Gasteiger partial charge on any atom is -0.459 e. The number of carbonyl (C=O) groups is 3. The van der Waals surface area contributed by atoms with E-state index in [1.807, 2.05) is 42.5 Å². The average molecular weight is 440 g/mol. The number of hydrogen-bond acceptors (Lipinski definition) is 5. The van der Waals surface area contributed by atoms with Crippen molar-refractivity contribution in [2.24, 2.45) is 5.92 Å². The Balaban J connectivity index is 1.63. The lowest BCUT2D eigenvalue weighted by atomic mass is 9.84. The van der Waals surface area contributed by atoms with Crippen LogP contribution in [0.15, 0.2) is 54.6 Å². The summed E-state index contributed by atoms with van der Waals surface area (Å²) in [6, 6.07) is 16.9. The van der Waals surface area contributed by atoms with Gasteiger partial charge >= 0.3 is 5.97 Å². The Kier molecular flexibility index (Phi) is 8.29. The first-order chi connectivity index (χ1) is 15.0. The van der Waals surface area contributed by atoms with Gasteiger partial charge in [-0.05, 0) is 48.8 Å². The number of fused-ring (bicyclic) bond motifs is 1. The molecule has 0 spiro atoms. The van der Waals surface area contributed by atoms with Crippen LogP contribution in [0.2, 0.25) is 0 Å². The Morgan fingerprint density at radius 3 is 2.55 bits per heavy atom. The molecule has 3 atom stereocenters. The lowest BCUT2D eigenvalue weighted by Gasteiger charge is -2.25. The molecule has 0 aromatic heterocycles. The van der Waals surface area contributed by atoms with E-state index in [1.54, 1.807) is 6.92 Å². The molecule has 1 amide bonds. The van der Waals surface area contributed by atoms with Crippen LogP contribution < -0.4 is 5.32 Å². The summed E-state index contributed by atoms with van der Waals surface area (Å²) in [6.45, 7) is 3.36. The maximum atomic E-state index is 13.2. The van der Waals surface area contributed by atoms with Crippen LogP contribution in [-0.2, 0) is 32.1 Å². The van der Waals surface area contributed by atoms with Gasteiger partial charge in [0.1, 0.15) is 12.6 Å². The van der Waals surface area contributed by atoms with Gasteiger partial charge in [0.2, 0.25) is 5.91 Å². The molecule has 1 aliphatic rings. The highest BCUT2D eigenvalue weighted by Crippen LogP contribution is 2.40. The smallest absolute Gasteiger partial charge is 0.328 e. The standard InChI is InChI=1S/C25H29NO4S/c1-17(25(29)30-16-19-8-4-3-5-9-19)26-24(28)23(14-15-31-18(2)27)22-13-12-20-10-6-7-11-21(20)22/h3-11,17,22-23H,12-16H2,1-2H3,(H,26,28)/t17-,22?,23?/m0/s1. The van der Waals surface area contributed by atoms with E-state index < -0.39 is 12.0 Å². The highest BCUT2D eigenvalue weighted by atomic mass is 32.2. The molecule has 2 aromatic rings. The van der Waals surface area contributed by atoms with Gasteiger partial charge < -0.3 is 10.1 Å². The van der Waals surface area contributed by atoms with E-state index in [1.165, 1.54) is 29.8 Å². The first kappa shape index (κ1) is 23.1. The summed E-state index contributed by atoms with van der Waals surface area (Å²) in [5.74, 6) is -0.231. The molecule has 0 aliphatic heterocycles. The fourth-order valence-corrected chi connectivity index (χ4v) is 4.74. The molecule has 164 valence electrons. The summed E-state index contributed by atoms with van der Waals surface area (Å²) in [6.07, 6.45) is 2.43. The average Bonchev–Trinajstić information content (AvgIpc) is 3.19. The highest BCUT2D eigenvalue weighted by Gasteiger charge is 2.35. The summed E-state index contributed by atoms with van der Waals surface area (Å²) in [5.41, 5.74) is 3.38. The molecule has 0 fully saturated rings. The minimum absolute atomic E-state index is 0.0452. The van der Waals surface area contributed by atoms with E-state index in [2.05, 4.69) is 17.4 Å². The molecular weight excluding hydrogens is 410 g/mol. The predicted molar refractivity (Wildman–Crippen MR) is 123 cm³/mol. The number of carbonyl (C=O) groups excluding carboxylic acids is 3. The van der Waals surface area contributed by atoms with E-state index in [0.29, 0.717) is 12.2 Å². The van der Waals surface area contributed by atoms with Crippen LogP contribution in [0, 0.1) is 5.92 Å². The van der Waals surface area contributed by atoms with Gasteiger partial charge in [0.05, 0.1) is 0 Å². The fraction of sp³-hybridized carbons (Fsp3) is 0.400. The first-order valence-corrected chi connectivity index (χ1v) is 11.7. The Morgan fingerprint density at radius 2 is 1.81 bits per heavy atom. The van der Waals surface area contributed by atoms with E-state index in [0.717, 1.165) is 18.4 Å². The van der Waals surface area contributed by atoms with E-state index >= 15 is 0 Å². The SMILES string of the molecule is CC(=O)SCCC(C(=O)N[C@@H](C)C(=O)OCc1ccccc1)C1CCc2ccccc21. The monoisotopic (exact) mass is 439 g/mol. The van der Waals surface area contributed by atoms with Crippen LogP contribution in [-0.4, -0.2) is 28.8 Å². The molecule has 0 radical (unpaired) electrons. The van der Waals surface area contributed by atoms with Crippen LogP contribution in [0.1, 0.15) is 49.3 Å². The molecule has 6 heteroatoms. The summed E-state index contributed by atoms with van der Waals surface area (Å²) < 4.78 is 5.36. The molecule has 5 nitrogen and oxygen atoms in total. The molecule has 1 aliphatic carbocycles. The van der Waals surface area contributed by atoms with Gasteiger partial charge in [0.25, 0.3) is 0 Å². The van der Waals surface area contributed by atoms with Gasteiger partial charge in [-0.25, -0.2) is 4.79 Å². The largest absolute Gasteiger partial charge is 0.459 e. The topological polar surface area (TPSA) is 72.5 Å². The van der Waals surface area contributed by atoms with Gasteiger partial charge in [-0.15, -0.1) is 0 Å². The second kappa shape index (κ2) is 11.1. The van der Waals surface area contributed by atoms with Crippen molar-refractivity contribution < 1.29 is 19.1 Å². The predicted octanol–water partition coefficient (Wildman–Crippen LogP) is 4.25. The number of nitrogens with one attached hydrogen (secondary N) is 1. The lowest BCUT2D eigenvalue weighted by molar-refractivity contribution is -0.149. The number of amides is 1. The number of aryl methyl sites for hydroxylation is 1. The van der Waals surface area contributed by atoms with Crippen molar-refractivity contribution in [3.05, 3.63) is 71.3 Å². The van der Waals surface area contributed by atoms with Crippen molar-refractivity contribution in [1.29, 1.82) is 0 Å². The molecular formula is C25H29NO4S. The number of rotatable bonds is 9. The normalized spacial score (nSPS) is 16.8. The molecule has 3 rings (SSSR count). The lowest BCUT2D eigenvalue weighted by Crippen LogP contribution is -2.44. The second-order valence-electron chi connectivity index (χ2n) is 7.90. The molecule has 0 saturated carbocycles. The fourth-order valence-electron chi connectivity index (χ4n) is 4.09. The third kappa shape index (κ3) is 6.44. The summed E-state index contributed by atoms with van der Waals surface area (Å²) in [4.78, 5) is 37.0. The summed E-state index contributed by atoms with van der Waals surface area (Å²) in [5, 5.41) is 2.90. The maximum absolute atomic E-state index is 13.2. The minimum atomic E-state index is -0.740. The van der Waals surface area contributed by atoms with Crippen molar-refractivity contribution in [2.45, 2.75) is 51.7 Å². The molecule has 2 aromatic carbocycles. The van der Waals surface area contributed by atoms with Crippen molar-refractivity contribution >= 4 is 28.8 Å². The van der Waals surface area contributed by atoms with E-state index in [4.69, 9.17) is 4.74 Å². The van der Waals surface area contributed by atoms with Crippen LogP contribution in [0.4, 0.5) is 0 Å². The second-order valence-corrected chi connectivity index (χ2v) is 9.17. The first-order valence-electron chi connectivity index (χ1n) is 10.7. The van der Waals surface area contributed by atoms with Crippen LogP contribution in [0.5, 0.6) is 0 Å². The Labute approximate surface area is 187 Å². The number of thioether (sulfide) groups is 1. The molecule has 31 heavy (non-hydrogen) atoms. The summed E-state index contributed by atoms with van der Waals surface area (Å²) in [7, 11) is 0. The summed E-state index contributed by atoms with van der Waals surface area (Å²) >= 11 is 1.24. The van der Waals surface area contributed by atoms with Crippen LogP contribution in [0.25, 0.3) is 0 Å². The Hall–Kier alpha value is -2.60. The van der Waals surface area contributed by atoms with Crippen LogP contribution >= 0.6 is 11.8 Å². The Bertz CT molecular complexity index is 915. The van der Waals surface area contributed by atoms with Gasteiger partial charge in [-0.2, -0.15) is 0 Å². The molecule has 0 bridgehead atoms. The zero-order chi connectivity index (χ0) is 22.2. The van der Waals surface area contributed by atoms with Crippen molar-refractivity contribution in [2.75, 3.05) is 5.75 Å². The quantitative estimate of drug-likeness (QED) is 0.592. The van der Waals surface area contributed by atoms with Crippen LogP contribution in [0.3, 0.4) is 0 Å². The number of ether oxygens (including phenoxy) is 1. The van der Waals surface area contributed by atoms with Gasteiger partial charge in [0, 0.05) is 18.6 Å². The number of hydrogen-bond donors (Lipinski definition) is 1.